The summed E-state index contributed by atoms with van der Waals surface area (Å²) >= 11 is 0. The summed E-state index contributed by atoms with van der Waals surface area (Å²) in [5.41, 5.74) is 0. The molecular weight excluding hydrogens is 176 g/mol. The zero-order chi connectivity index (χ0) is 8.31. The van der Waals surface area contributed by atoms with Gasteiger partial charge in [0.2, 0.25) is 0 Å². The Morgan fingerprint density at radius 3 is 1.27 bits per heavy atom. The largest absolute Gasteiger partial charge is 0.481 e. The molecule has 0 rings (SSSR count). The Morgan fingerprint density at radius 2 is 1.18 bits per heavy atom. The van der Waals surface area contributed by atoms with Crippen LogP contribution in [0.4, 0.5) is 0 Å². The van der Waals surface area contributed by atoms with Crippen molar-refractivity contribution in [3.63, 3.8) is 0 Å². The second kappa shape index (κ2) is 5.80. The van der Waals surface area contributed by atoms with Gasteiger partial charge in [0.15, 0.2) is 0 Å². The number of rotatable bonds is 3. The van der Waals surface area contributed by atoms with Crippen molar-refractivity contribution >= 4 is 11.9 Å². The molecule has 0 fully saturated rings. The molecule has 0 saturated heterocycles. The van der Waals surface area contributed by atoms with E-state index in [-0.39, 0.29) is 37.7 Å². The molecule has 66 valence electrons. The van der Waals surface area contributed by atoms with Crippen molar-refractivity contribution in [3.8, 4) is 0 Å². The van der Waals surface area contributed by atoms with Crippen molar-refractivity contribution < 1.29 is 57.5 Å². The molecule has 0 aromatic heterocycles. The Labute approximate surface area is 94.6 Å². The van der Waals surface area contributed by atoms with E-state index in [0.29, 0.717) is 0 Å². The third-order valence-corrected chi connectivity index (χ3v) is 1.53. The normalized spacial score (nSPS) is 14.4. The van der Waals surface area contributed by atoms with Gasteiger partial charge in [0.1, 0.15) is 0 Å². The van der Waals surface area contributed by atoms with Crippen LogP contribution in [-0.2, 0) is 9.59 Å². The zero-order valence-corrected chi connectivity index (χ0v) is 6.93. The molecule has 2 atom stereocenters. The van der Waals surface area contributed by atoms with Gasteiger partial charge in [-0.1, -0.05) is 13.8 Å². The third kappa shape index (κ3) is 4.61. The molecule has 0 aromatic carbocycles. The number of carboxylic acid groups (broad SMARTS) is 2. The van der Waals surface area contributed by atoms with Gasteiger partial charge in [0.05, 0.1) is 11.8 Å². The summed E-state index contributed by atoms with van der Waals surface area (Å²) in [7, 11) is 0. The fourth-order valence-corrected chi connectivity index (χ4v) is 0.428. The molecule has 0 aromatic rings. The summed E-state index contributed by atoms with van der Waals surface area (Å²) in [6.45, 7) is 2.75. The third-order valence-electron chi connectivity index (χ3n) is 1.53. The average molecular weight is 186 g/mol. The maximum absolute atomic E-state index is 10.2. The number of hydrogen-bond acceptors (Lipinski definition) is 2. The summed E-state index contributed by atoms with van der Waals surface area (Å²) in [6, 6.07) is 0. The Hall–Kier alpha value is 0.200. The van der Waals surface area contributed by atoms with Gasteiger partial charge < -0.3 is 10.2 Å². The predicted molar refractivity (Wildman–Crippen MR) is 33.6 cm³/mol. The van der Waals surface area contributed by atoms with Gasteiger partial charge in [-0.25, -0.2) is 0 Å². The van der Waals surface area contributed by atoms with Crippen LogP contribution in [0.5, 0.6) is 0 Å². The zero-order valence-electron chi connectivity index (χ0n) is 6.22. The van der Waals surface area contributed by atoms with Crippen LogP contribution >= 0.6 is 0 Å². The maximum atomic E-state index is 10.2. The fourth-order valence-electron chi connectivity index (χ4n) is 0.428. The molecule has 0 amide bonds. The van der Waals surface area contributed by atoms with Crippen molar-refractivity contribution in [3.05, 3.63) is 0 Å². The van der Waals surface area contributed by atoms with Crippen LogP contribution in [0.2, 0.25) is 0 Å². The summed E-state index contributed by atoms with van der Waals surface area (Å²) in [5, 5.41) is 16.7. The van der Waals surface area contributed by atoms with Crippen LogP contribution in [0.15, 0.2) is 0 Å². The van der Waals surface area contributed by atoms with Crippen molar-refractivity contribution in [2.45, 2.75) is 13.8 Å². The van der Waals surface area contributed by atoms with Crippen LogP contribution in [0, 0.1) is 49.6 Å². The molecule has 0 bridgehead atoms. The van der Waals surface area contributed by atoms with E-state index >= 15 is 0 Å². The summed E-state index contributed by atoms with van der Waals surface area (Å²) in [4.78, 5) is 20.4. The molecule has 2 N–H and O–H groups in total. The van der Waals surface area contributed by atoms with E-state index in [1.807, 2.05) is 0 Å². The van der Waals surface area contributed by atoms with E-state index < -0.39 is 23.8 Å². The van der Waals surface area contributed by atoms with Crippen molar-refractivity contribution in [1.29, 1.82) is 0 Å². The SMILES string of the molecule is CC(C(=O)O)C(C)C(=O)O.[Ar]. The minimum atomic E-state index is -1.07. The first kappa shape index (κ1) is 13.8. The summed E-state index contributed by atoms with van der Waals surface area (Å²) < 4.78 is 0. The molecular formula is C6H10ArO4. The maximum Gasteiger partial charge on any atom is 0.307 e. The van der Waals surface area contributed by atoms with Crippen LogP contribution in [0.1, 0.15) is 13.8 Å². The van der Waals surface area contributed by atoms with Crippen LogP contribution in [-0.4, -0.2) is 22.2 Å². The first-order valence-corrected chi connectivity index (χ1v) is 2.92. The number of aliphatic carboxylic acids is 2. The minimum absolute atomic E-state index is 0. The molecule has 4 nitrogen and oxygen atoms in total. The second-order valence-corrected chi connectivity index (χ2v) is 2.25. The predicted octanol–water partition coefficient (Wildman–Crippen LogP) is 0.428. The quantitative estimate of drug-likeness (QED) is 0.670. The fraction of sp³-hybridized carbons (Fsp3) is 0.667. The number of carbonyl (C=O) groups is 2. The Morgan fingerprint density at radius 1 is 1.00 bits per heavy atom. The average Bonchev–Trinajstić information content (AvgIpc) is 1.84. The van der Waals surface area contributed by atoms with E-state index in [9.17, 15) is 9.59 Å². The van der Waals surface area contributed by atoms with Gasteiger partial charge in [-0.15, -0.1) is 0 Å². The van der Waals surface area contributed by atoms with E-state index in [2.05, 4.69) is 0 Å². The molecule has 2 unspecified atom stereocenters. The first-order valence-electron chi connectivity index (χ1n) is 2.92. The van der Waals surface area contributed by atoms with Crippen molar-refractivity contribution in [1.82, 2.24) is 0 Å². The molecule has 0 aliphatic rings. The molecule has 5 heteroatoms. The Kier molecular flexibility index (Phi) is 7.26. The van der Waals surface area contributed by atoms with Gasteiger partial charge >= 0.3 is 11.9 Å². The second-order valence-electron chi connectivity index (χ2n) is 2.25. The molecule has 0 aliphatic carbocycles. The molecule has 0 radical (unpaired) electrons. The van der Waals surface area contributed by atoms with Gasteiger partial charge in [-0.3, -0.25) is 9.59 Å². The Balaban J connectivity index is 0. The smallest absolute Gasteiger partial charge is 0.307 e. The van der Waals surface area contributed by atoms with Crippen LogP contribution in [0.3, 0.4) is 0 Å². The van der Waals surface area contributed by atoms with Crippen LogP contribution in [0.25, 0.3) is 0 Å². The number of hydrogen-bond donors (Lipinski definition) is 2. The summed E-state index contributed by atoms with van der Waals surface area (Å²) in [6.07, 6.45) is 0. The first-order chi connectivity index (χ1) is 4.46. The monoisotopic (exact) mass is 186 g/mol. The minimum Gasteiger partial charge on any atom is -0.481 e. The number of carboxylic acids is 2. The van der Waals surface area contributed by atoms with E-state index in [0.717, 1.165) is 0 Å². The van der Waals surface area contributed by atoms with Gasteiger partial charge in [0, 0.05) is 37.7 Å². The van der Waals surface area contributed by atoms with Crippen LogP contribution < -0.4 is 0 Å². The van der Waals surface area contributed by atoms with Gasteiger partial charge in [0.25, 0.3) is 0 Å². The summed E-state index contributed by atoms with van der Waals surface area (Å²) in [5.74, 6) is -3.79. The molecule has 0 spiro atoms. The molecule has 0 saturated carbocycles. The standard InChI is InChI=1S/C6H10O4.Ar/c1-3(5(7)8)4(2)6(9)10;/h3-4H,1-2H3,(H,7,8)(H,9,10);. The van der Waals surface area contributed by atoms with E-state index in [4.69, 9.17) is 10.2 Å². The van der Waals surface area contributed by atoms with E-state index in [1.165, 1.54) is 13.8 Å². The van der Waals surface area contributed by atoms with Gasteiger partial charge in [-0.05, 0) is 0 Å². The molecule has 0 heterocycles. The van der Waals surface area contributed by atoms with E-state index in [1.54, 1.807) is 0 Å². The van der Waals surface area contributed by atoms with Crippen molar-refractivity contribution in [2.24, 2.45) is 11.8 Å². The molecule has 11 heavy (non-hydrogen) atoms. The van der Waals surface area contributed by atoms with Crippen molar-refractivity contribution in [2.75, 3.05) is 0 Å². The van der Waals surface area contributed by atoms with Gasteiger partial charge in [-0.2, -0.15) is 0 Å². The Bertz CT molecular complexity index is 139. The topological polar surface area (TPSA) is 74.6 Å². The molecule has 0 aliphatic heterocycles.